The Bertz CT molecular complexity index is 643. The molecule has 21 heavy (non-hydrogen) atoms. The number of Topliss-reactive ketones (excluding diaryl/α,β-unsaturated/α-hetero) is 1. The minimum absolute atomic E-state index is 0.234. The van der Waals surface area contributed by atoms with Crippen LogP contribution in [0.2, 0.25) is 0 Å². The van der Waals surface area contributed by atoms with Crippen molar-refractivity contribution >= 4 is 5.78 Å². The molecule has 0 radical (unpaired) electrons. The predicted octanol–water partition coefficient (Wildman–Crippen LogP) is 3.32. The maximum atomic E-state index is 12.6. The Morgan fingerprint density at radius 3 is 2.62 bits per heavy atom. The zero-order chi connectivity index (χ0) is 14.7. The highest BCUT2D eigenvalue weighted by atomic mass is 16.1. The number of ketones is 1. The summed E-state index contributed by atoms with van der Waals surface area (Å²) in [6.45, 7) is 3.98. The number of hydrogen-bond acceptors (Lipinski definition) is 2. The van der Waals surface area contributed by atoms with Gasteiger partial charge in [-0.05, 0) is 41.6 Å². The Morgan fingerprint density at radius 2 is 1.86 bits per heavy atom. The van der Waals surface area contributed by atoms with Crippen molar-refractivity contribution in [2.24, 2.45) is 0 Å². The molecule has 2 aromatic carbocycles. The number of hydrogen-bond donors (Lipinski definition) is 1. The molecule has 0 aromatic heterocycles. The van der Waals surface area contributed by atoms with Gasteiger partial charge in [-0.1, -0.05) is 49.4 Å². The summed E-state index contributed by atoms with van der Waals surface area (Å²) in [4.78, 5) is 12.6. The lowest BCUT2D eigenvalue weighted by molar-refractivity contribution is 0.0992. The minimum Gasteiger partial charge on any atom is -0.312 e. The molecule has 0 saturated carbocycles. The second kappa shape index (κ2) is 6.23. The molecular weight excluding hydrogens is 258 g/mol. The third-order valence-corrected chi connectivity index (χ3v) is 4.24. The lowest BCUT2D eigenvalue weighted by Gasteiger charge is -2.19. The van der Waals surface area contributed by atoms with Gasteiger partial charge in [-0.25, -0.2) is 0 Å². The van der Waals surface area contributed by atoms with Crippen LogP contribution in [0.15, 0.2) is 42.5 Å². The number of rotatable bonds is 4. The van der Waals surface area contributed by atoms with E-state index < -0.39 is 0 Å². The minimum atomic E-state index is 0.234. The SMILES string of the molecule is CCc1ccc(CC(=O)c2cccc3c2CCNC3)cc1. The number of carbonyl (C=O) groups is 1. The molecule has 3 rings (SSSR count). The number of benzene rings is 2. The molecule has 1 heterocycles. The summed E-state index contributed by atoms with van der Waals surface area (Å²) in [5, 5.41) is 3.36. The van der Waals surface area contributed by atoms with Crippen LogP contribution in [0.5, 0.6) is 0 Å². The largest absolute Gasteiger partial charge is 0.312 e. The van der Waals surface area contributed by atoms with Gasteiger partial charge in [0.05, 0.1) is 0 Å². The molecule has 2 nitrogen and oxygen atoms in total. The van der Waals surface area contributed by atoms with Crippen LogP contribution < -0.4 is 5.32 Å². The van der Waals surface area contributed by atoms with Crippen LogP contribution in [0.4, 0.5) is 0 Å². The fraction of sp³-hybridized carbons (Fsp3) is 0.316. The second-order valence-corrected chi connectivity index (χ2v) is 5.64. The smallest absolute Gasteiger partial charge is 0.167 e. The standard InChI is InChI=1S/C19H21NO/c1-2-14-6-8-15(9-7-14)12-19(21)18-5-3-4-16-13-20-11-10-17(16)18/h3-9,20H,2,10-13H2,1H3. The molecule has 1 aliphatic heterocycles. The third kappa shape index (κ3) is 3.06. The number of aryl methyl sites for hydroxylation is 1. The number of fused-ring (bicyclic) bond motifs is 1. The van der Waals surface area contributed by atoms with E-state index in [9.17, 15) is 4.79 Å². The quantitative estimate of drug-likeness (QED) is 0.870. The van der Waals surface area contributed by atoms with Crippen LogP contribution in [0, 0.1) is 0 Å². The van der Waals surface area contributed by atoms with Crippen LogP contribution in [0.3, 0.4) is 0 Å². The molecule has 1 aliphatic rings. The average molecular weight is 279 g/mol. The highest BCUT2D eigenvalue weighted by molar-refractivity contribution is 5.99. The summed E-state index contributed by atoms with van der Waals surface area (Å²) < 4.78 is 0. The Morgan fingerprint density at radius 1 is 1.10 bits per heavy atom. The summed E-state index contributed by atoms with van der Waals surface area (Å²) in [7, 11) is 0. The molecule has 0 amide bonds. The zero-order valence-electron chi connectivity index (χ0n) is 12.5. The van der Waals surface area contributed by atoms with Crippen LogP contribution in [-0.4, -0.2) is 12.3 Å². The monoisotopic (exact) mass is 279 g/mol. The van der Waals surface area contributed by atoms with E-state index >= 15 is 0 Å². The van der Waals surface area contributed by atoms with E-state index in [2.05, 4.69) is 42.6 Å². The van der Waals surface area contributed by atoms with Gasteiger partial charge in [-0.3, -0.25) is 4.79 Å². The van der Waals surface area contributed by atoms with Crippen molar-refractivity contribution in [2.45, 2.75) is 32.7 Å². The molecule has 0 fully saturated rings. The molecule has 0 atom stereocenters. The van der Waals surface area contributed by atoms with Crippen molar-refractivity contribution in [3.63, 3.8) is 0 Å². The van der Waals surface area contributed by atoms with Crippen LogP contribution in [0.1, 0.15) is 39.5 Å². The maximum Gasteiger partial charge on any atom is 0.167 e. The summed E-state index contributed by atoms with van der Waals surface area (Å²) >= 11 is 0. The number of carbonyl (C=O) groups excluding carboxylic acids is 1. The van der Waals surface area contributed by atoms with E-state index in [0.29, 0.717) is 6.42 Å². The van der Waals surface area contributed by atoms with Crippen LogP contribution in [0.25, 0.3) is 0 Å². The topological polar surface area (TPSA) is 29.1 Å². The Kier molecular flexibility index (Phi) is 4.16. The first kappa shape index (κ1) is 14.0. The Labute approximate surface area is 126 Å². The van der Waals surface area contributed by atoms with E-state index in [1.165, 1.54) is 16.7 Å². The van der Waals surface area contributed by atoms with E-state index in [4.69, 9.17) is 0 Å². The first-order chi connectivity index (χ1) is 10.3. The van der Waals surface area contributed by atoms with Gasteiger partial charge in [-0.2, -0.15) is 0 Å². The molecule has 0 spiro atoms. The number of nitrogens with one attached hydrogen (secondary N) is 1. The summed E-state index contributed by atoms with van der Waals surface area (Å²) in [6, 6.07) is 14.5. The highest BCUT2D eigenvalue weighted by Crippen LogP contribution is 2.20. The first-order valence-corrected chi connectivity index (χ1v) is 7.70. The third-order valence-electron chi connectivity index (χ3n) is 4.24. The highest BCUT2D eigenvalue weighted by Gasteiger charge is 2.17. The van der Waals surface area contributed by atoms with Gasteiger partial charge >= 0.3 is 0 Å². The second-order valence-electron chi connectivity index (χ2n) is 5.64. The molecule has 1 N–H and O–H groups in total. The molecule has 0 saturated heterocycles. The molecule has 0 unspecified atom stereocenters. The maximum absolute atomic E-state index is 12.6. The average Bonchev–Trinajstić information content (AvgIpc) is 2.55. The van der Waals surface area contributed by atoms with Gasteiger partial charge in [0.25, 0.3) is 0 Å². The predicted molar refractivity (Wildman–Crippen MR) is 85.7 cm³/mol. The van der Waals surface area contributed by atoms with Crippen molar-refractivity contribution in [2.75, 3.05) is 6.54 Å². The fourth-order valence-corrected chi connectivity index (χ4v) is 2.97. The van der Waals surface area contributed by atoms with Gasteiger partial charge in [0.15, 0.2) is 5.78 Å². The van der Waals surface area contributed by atoms with Crippen molar-refractivity contribution in [1.82, 2.24) is 5.32 Å². The zero-order valence-corrected chi connectivity index (χ0v) is 12.5. The Balaban J connectivity index is 1.82. The van der Waals surface area contributed by atoms with Crippen molar-refractivity contribution < 1.29 is 4.79 Å². The van der Waals surface area contributed by atoms with E-state index in [-0.39, 0.29) is 5.78 Å². The van der Waals surface area contributed by atoms with Gasteiger partial charge < -0.3 is 5.32 Å². The van der Waals surface area contributed by atoms with Gasteiger partial charge in [0.2, 0.25) is 0 Å². The molecule has 2 heteroatoms. The summed E-state index contributed by atoms with van der Waals surface area (Å²) in [5.74, 6) is 0.234. The summed E-state index contributed by atoms with van der Waals surface area (Å²) in [5.41, 5.74) is 5.84. The lowest BCUT2D eigenvalue weighted by atomic mass is 9.91. The molecule has 0 aliphatic carbocycles. The van der Waals surface area contributed by atoms with Crippen molar-refractivity contribution in [3.8, 4) is 0 Å². The van der Waals surface area contributed by atoms with E-state index in [1.54, 1.807) is 0 Å². The lowest BCUT2D eigenvalue weighted by Crippen LogP contribution is -2.25. The molecule has 2 aromatic rings. The van der Waals surface area contributed by atoms with Gasteiger partial charge in [0, 0.05) is 18.5 Å². The van der Waals surface area contributed by atoms with Gasteiger partial charge in [-0.15, -0.1) is 0 Å². The Hall–Kier alpha value is -1.93. The van der Waals surface area contributed by atoms with E-state index in [1.807, 2.05) is 12.1 Å². The van der Waals surface area contributed by atoms with Crippen LogP contribution in [-0.2, 0) is 25.8 Å². The summed E-state index contributed by atoms with van der Waals surface area (Å²) in [6.07, 6.45) is 2.48. The molecular formula is C19H21NO. The molecule has 108 valence electrons. The van der Waals surface area contributed by atoms with E-state index in [0.717, 1.165) is 37.1 Å². The fourth-order valence-electron chi connectivity index (χ4n) is 2.97. The van der Waals surface area contributed by atoms with Crippen LogP contribution >= 0.6 is 0 Å². The normalized spacial score (nSPS) is 13.8. The van der Waals surface area contributed by atoms with Crippen molar-refractivity contribution in [3.05, 3.63) is 70.3 Å². The first-order valence-electron chi connectivity index (χ1n) is 7.70. The van der Waals surface area contributed by atoms with Gasteiger partial charge in [0.1, 0.15) is 0 Å². The van der Waals surface area contributed by atoms with Crippen molar-refractivity contribution in [1.29, 1.82) is 0 Å². The molecule has 0 bridgehead atoms.